The van der Waals surface area contributed by atoms with E-state index in [1.54, 1.807) is 9.80 Å². The molecule has 0 spiro atoms. The van der Waals surface area contributed by atoms with Crippen molar-refractivity contribution in [2.75, 3.05) is 112 Å². The van der Waals surface area contributed by atoms with Crippen molar-refractivity contribution in [3.05, 3.63) is 0 Å². The maximum atomic E-state index is 13.6. The Kier molecular flexibility index (Phi) is 19.0. The molecule has 0 bridgehead atoms. The summed E-state index contributed by atoms with van der Waals surface area (Å²) in [4.78, 5) is 60.8. The summed E-state index contributed by atoms with van der Waals surface area (Å²) in [6, 6.07) is -0.926. The molecule has 0 aliphatic carbocycles. The molecule has 1 rings (SSSR count). The quantitative estimate of drug-likeness (QED) is 0.180. The molecule has 1 heterocycles. The van der Waals surface area contributed by atoms with E-state index in [9.17, 15) is 34.5 Å². The average molecular weight is 673 g/mol. The number of hydrogen-bond acceptors (Lipinski definition) is 10. The van der Waals surface area contributed by atoms with Gasteiger partial charge in [0.2, 0.25) is 5.91 Å². The molecule has 0 saturated carbocycles. The highest BCUT2D eigenvalue weighted by molar-refractivity contribution is 5.79. The number of ether oxygens (including phenoxy) is 1. The Labute approximate surface area is 282 Å². The molecule has 1 unspecified atom stereocenters. The molecule has 274 valence electrons. The molecule has 0 aromatic carbocycles. The lowest BCUT2D eigenvalue weighted by Gasteiger charge is -2.39. The molecule has 1 aliphatic rings. The van der Waals surface area contributed by atoms with E-state index in [-0.39, 0.29) is 37.3 Å². The molecule has 1 saturated heterocycles. The maximum absolute atomic E-state index is 13.6. The molecule has 0 radical (unpaired) electrons. The van der Waals surface area contributed by atoms with Gasteiger partial charge in [0, 0.05) is 77.3 Å². The second-order valence-corrected chi connectivity index (χ2v) is 14.1. The normalized spacial score (nSPS) is 18.0. The zero-order chi connectivity index (χ0) is 35.8. The molecule has 1 amide bonds. The summed E-state index contributed by atoms with van der Waals surface area (Å²) in [5.41, 5.74) is -0.637. The summed E-state index contributed by atoms with van der Waals surface area (Å²) in [6.07, 6.45) is 0.174. The Morgan fingerprint density at radius 3 is 1.68 bits per heavy atom. The monoisotopic (exact) mass is 672 g/mol. The van der Waals surface area contributed by atoms with Crippen LogP contribution in [0.5, 0.6) is 0 Å². The number of carbonyl (C=O) groups is 4. The summed E-state index contributed by atoms with van der Waals surface area (Å²) in [7, 11) is 2.08. The van der Waals surface area contributed by atoms with Gasteiger partial charge < -0.3 is 34.8 Å². The van der Waals surface area contributed by atoms with Crippen LogP contribution in [0.1, 0.15) is 61.3 Å². The van der Waals surface area contributed by atoms with Gasteiger partial charge in [-0.1, -0.05) is 27.7 Å². The van der Waals surface area contributed by atoms with Crippen LogP contribution in [-0.4, -0.2) is 192 Å². The lowest BCUT2D eigenvalue weighted by molar-refractivity contribution is -0.145. The minimum absolute atomic E-state index is 0.0517. The molecule has 3 N–H and O–H groups in total. The van der Waals surface area contributed by atoms with Gasteiger partial charge in [0.1, 0.15) is 6.04 Å². The Balaban J connectivity index is 3.03. The highest BCUT2D eigenvalue weighted by Gasteiger charge is 2.33. The van der Waals surface area contributed by atoms with Crippen molar-refractivity contribution in [2.24, 2.45) is 5.41 Å². The molecule has 14 heteroatoms. The maximum Gasteiger partial charge on any atom is 0.320 e. The number of likely N-dealkylation sites (N-methyl/N-ethyl adjacent to an activating group) is 2. The molecule has 47 heavy (non-hydrogen) atoms. The van der Waals surface area contributed by atoms with Crippen LogP contribution < -0.4 is 0 Å². The molecule has 0 aromatic heterocycles. The lowest BCUT2D eigenvalue weighted by atomic mass is 9.94. The number of carboxylic acids is 3. The van der Waals surface area contributed by atoms with Crippen LogP contribution in [0, 0.1) is 5.41 Å². The SMILES string of the molecule is CCN(C)CC(C)(C)COCC(C)(C)N(CC)C(=O)CCC(C(=O)O)N1CCN(CC)CCN(CC(=O)O)CCN(CC(=O)O)CC1. The van der Waals surface area contributed by atoms with Crippen molar-refractivity contribution in [1.29, 1.82) is 0 Å². The number of rotatable bonds is 19. The zero-order valence-corrected chi connectivity index (χ0v) is 30.4. The van der Waals surface area contributed by atoms with Crippen molar-refractivity contribution in [2.45, 2.75) is 72.9 Å². The first-order chi connectivity index (χ1) is 21.9. The van der Waals surface area contributed by atoms with Gasteiger partial charge in [0.25, 0.3) is 0 Å². The Bertz CT molecular complexity index is 981. The second kappa shape index (κ2) is 20.9. The zero-order valence-electron chi connectivity index (χ0n) is 30.4. The van der Waals surface area contributed by atoms with Crippen molar-refractivity contribution < 1.29 is 39.2 Å². The first-order valence-electron chi connectivity index (χ1n) is 17.1. The number of aliphatic carboxylic acids is 3. The Morgan fingerprint density at radius 1 is 0.745 bits per heavy atom. The van der Waals surface area contributed by atoms with Crippen LogP contribution in [0.25, 0.3) is 0 Å². The fourth-order valence-electron chi connectivity index (χ4n) is 6.22. The third-order valence-electron chi connectivity index (χ3n) is 8.93. The van der Waals surface area contributed by atoms with Gasteiger partial charge in [-0.25, -0.2) is 0 Å². The third kappa shape index (κ3) is 16.5. The topological polar surface area (TPSA) is 158 Å². The van der Waals surface area contributed by atoms with Crippen LogP contribution in [0.4, 0.5) is 0 Å². The standard InChI is InChI=1S/C33H64N6O8/c1-9-34(8)24-32(4,5)25-47-26-33(6,7)39(11-3)28(40)13-12-27(31(45)46)38-20-18-35(10-2)14-15-36(22-29(41)42)16-17-37(19-21-38)23-30(43)44/h27H,9-26H2,1-8H3,(H,41,42)(H,43,44)(H,45,46). The van der Waals surface area contributed by atoms with E-state index in [4.69, 9.17) is 4.74 Å². The van der Waals surface area contributed by atoms with Crippen molar-refractivity contribution in [1.82, 2.24) is 29.4 Å². The van der Waals surface area contributed by atoms with Crippen molar-refractivity contribution in [3.8, 4) is 0 Å². The number of amides is 1. The number of carboxylic acid groups (broad SMARTS) is 3. The Morgan fingerprint density at radius 2 is 1.23 bits per heavy atom. The van der Waals surface area contributed by atoms with Crippen LogP contribution in [0.2, 0.25) is 0 Å². The van der Waals surface area contributed by atoms with Crippen molar-refractivity contribution in [3.63, 3.8) is 0 Å². The van der Waals surface area contributed by atoms with Gasteiger partial charge in [-0.05, 0) is 47.3 Å². The molecular weight excluding hydrogens is 608 g/mol. The molecule has 14 nitrogen and oxygen atoms in total. The van der Waals surface area contributed by atoms with Gasteiger partial charge in [-0.2, -0.15) is 0 Å². The predicted molar refractivity (Wildman–Crippen MR) is 182 cm³/mol. The predicted octanol–water partition coefficient (Wildman–Crippen LogP) is 1.25. The smallest absolute Gasteiger partial charge is 0.320 e. The van der Waals surface area contributed by atoms with Crippen molar-refractivity contribution >= 4 is 23.8 Å². The Hall–Kier alpha value is -2.36. The van der Waals surface area contributed by atoms with Gasteiger partial charge in [-0.3, -0.25) is 33.9 Å². The van der Waals surface area contributed by atoms with E-state index in [1.165, 1.54) is 0 Å². The minimum atomic E-state index is -1.02. The third-order valence-corrected chi connectivity index (χ3v) is 8.93. The highest BCUT2D eigenvalue weighted by Crippen LogP contribution is 2.22. The number of nitrogens with zero attached hydrogens (tertiary/aromatic N) is 6. The molecule has 1 fully saturated rings. The van der Waals surface area contributed by atoms with E-state index in [0.29, 0.717) is 78.7 Å². The minimum Gasteiger partial charge on any atom is -0.480 e. The van der Waals surface area contributed by atoms with Crippen LogP contribution in [-0.2, 0) is 23.9 Å². The summed E-state index contributed by atoms with van der Waals surface area (Å²) in [6.45, 7) is 21.3. The summed E-state index contributed by atoms with van der Waals surface area (Å²) in [5.74, 6) is -3.09. The number of hydrogen-bond donors (Lipinski definition) is 3. The highest BCUT2D eigenvalue weighted by atomic mass is 16.5. The fourth-order valence-corrected chi connectivity index (χ4v) is 6.22. The second-order valence-electron chi connectivity index (χ2n) is 14.1. The molecular formula is C33H64N6O8. The lowest BCUT2D eigenvalue weighted by Crippen LogP contribution is -2.53. The summed E-state index contributed by atoms with van der Waals surface area (Å²) >= 11 is 0. The van der Waals surface area contributed by atoms with E-state index >= 15 is 0 Å². The summed E-state index contributed by atoms with van der Waals surface area (Å²) < 4.78 is 6.15. The molecule has 0 aromatic rings. The van der Waals surface area contributed by atoms with Gasteiger partial charge >= 0.3 is 17.9 Å². The van der Waals surface area contributed by atoms with E-state index < -0.39 is 29.5 Å². The van der Waals surface area contributed by atoms with E-state index in [0.717, 1.165) is 13.1 Å². The van der Waals surface area contributed by atoms with E-state index in [2.05, 4.69) is 37.6 Å². The summed E-state index contributed by atoms with van der Waals surface area (Å²) in [5, 5.41) is 29.2. The fraction of sp³-hybridized carbons (Fsp3) is 0.879. The number of carbonyl (C=O) groups excluding carboxylic acids is 1. The van der Waals surface area contributed by atoms with Gasteiger partial charge in [0.15, 0.2) is 0 Å². The first kappa shape index (κ1) is 42.7. The first-order valence-corrected chi connectivity index (χ1v) is 17.1. The van der Waals surface area contributed by atoms with Gasteiger partial charge in [0.05, 0.1) is 31.8 Å². The molecule has 1 aliphatic heterocycles. The average Bonchev–Trinajstić information content (AvgIpc) is 2.95. The van der Waals surface area contributed by atoms with Crippen LogP contribution in [0.3, 0.4) is 0 Å². The van der Waals surface area contributed by atoms with Gasteiger partial charge in [-0.15, -0.1) is 0 Å². The largest absolute Gasteiger partial charge is 0.480 e. The molecule has 1 atom stereocenters. The van der Waals surface area contributed by atoms with Crippen LogP contribution >= 0.6 is 0 Å². The van der Waals surface area contributed by atoms with Crippen LogP contribution in [0.15, 0.2) is 0 Å². The van der Waals surface area contributed by atoms with E-state index in [1.807, 2.05) is 37.5 Å².